The molecule has 1 atom stereocenters. The predicted molar refractivity (Wildman–Crippen MR) is 127 cm³/mol. The summed E-state index contributed by atoms with van der Waals surface area (Å²) in [5.74, 6) is 2.12. The van der Waals surface area contributed by atoms with E-state index in [0.29, 0.717) is 12.7 Å². The maximum Gasteiger partial charge on any atom is 0.231 e. The summed E-state index contributed by atoms with van der Waals surface area (Å²) in [5, 5.41) is 0. The fourth-order valence-electron chi connectivity index (χ4n) is 4.98. The first-order valence-corrected chi connectivity index (χ1v) is 12.3. The Morgan fingerprint density at radius 1 is 0.906 bits per heavy atom. The summed E-state index contributed by atoms with van der Waals surface area (Å²) in [6, 6.07) is 14.6. The van der Waals surface area contributed by atoms with Crippen molar-refractivity contribution in [3.05, 3.63) is 58.1 Å². The number of piperazine rings is 1. The molecule has 3 heterocycles. The summed E-state index contributed by atoms with van der Waals surface area (Å²) >= 11 is 3.56. The second-order valence-corrected chi connectivity index (χ2v) is 9.91. The number of carbonyl (C=O) groups excluding carboxylic acids is 1. The summed E-state index contributed by atoms with van der Waals surface area (Å²) in [7, 11) is 0. The van der Waals surface area contributed by atoms with Crippen LogP contribution in [0.25, 0.3) is 0 Å². The number of rotatable bonds is 5. The number of fused-ring (bicyclic) bond motifs is 1. The number of carbonyl (C=O) groups is 1. The molecule has 0 aromatic heterocycles. The van der Waals surface area contributed by atoms with Crippen molar-refractivity contribution in [2.75, 3.05) is 46.1 Å². The number of halogens is 1. The van der Waals surface area contributed by atoms with E-state index in [0.717, 1.165) is 81.2 Å². The molecule has 2 fully saturated rings. The van der Waals surface area contributed by atoms with E-state index in [2.05, 4.69) is 67.0 Å². The fraction of sp³-hybridized carbons (Fsp3) is 0.480. The Morgan fingerprint density at radius 2 is 1.69 bits per heavy atom. The van der Waals surface area contributed by atoms with Crippen molar-refractivity contribution in [3.63, 3.8) is 0 Å². The highest BCUT2D eigenvalue weighted by molar-refractivity contribution is 9.10. The molecule has 5 rings (SSSR count). The monoisotopic (exact) mass is 499 g/mol. The average Bonchev–Trinajstić information content (AvgIpc) is 3.27. The van der Waals surface area contributed by atoms with Gasteiger partial charge in [0.15, 0.2) is 11.5 Å². The number of hydrogen-bond donors (Lipinski definition) is 0. The lowest BCUT2D eigenvalue weighted by Crippen LogP contribution is -2.52. The summed E-state index contributed by atoms with van der Waals surface area (Å²) in [6.07, 6.45) is 2.10. The third kappa shape index (κ3) is 5.11. The van der Waals surface area contributed by atoms with Gasteiger partial charge >= 0.3 is 0 Å². The van der Waals surface area contributed by atoms with Crippen molar-refractivity contribution < 1.29 is 14.3 Å². The van der Waals surface area contributed by atoms with E-state index in [4.69, 9.17) is 9.47 Å². The molecule has 1 unspecified atom stereocenters. The first kappa shape index (κ1) is 21.7. The summed E-state index contributed by atoms with van der Waals surface area (Å²) in [5.41, 5.74) is 2.52. The molecule has 0 saturated carbocycles. The highest BCUT2D eigenvalue weighted by atomic mass is 79.9. The molecule has 2 aromatic carbocycles. The van der Waals surface area contributed by atoms with Crippen LogP contribution in [-0.2, 0) is 17.9 Å². The molecule has 32 heavy (non-hydrogen) atoms. The minimum atomic E-state index is 0.122. The third-order valence-electron chi connectivity index (χ3n) is 6.68. The van der Waals surface area contributed by atoms with Gasteiger partial charge in [-0.25, -0.2) is 0 Å². The van der Waals surface area contributed by atoms with Crippen LogP contribution >= 0.6 is 15.9 Å². The Bertz CT molecular complexity index is 961. The number of hydrogen-bond acceptors (Lipinski definition) is 5. The Labute approximate surface area is 198 Å². The lowest BCUT2D eigenvalue weighted by Gasteiger charge is -2.39. The first-order chi connectivity index (χ1) is 15.6. The van der Waals surface area contributed by atoms with Crippen molar-refractivity contribution in [1.29, 1.82) is 0 Å². The van der Waals surface area contributed by atoms with Crippen molar-refractivity contribution >= 4 is 21.8 Å². The third-order valence-corrected chi connectivity index (χ3v) is 7.17. The number of nitrogens with zero attached hydrogens (tertiary/aromatic N) is 3. The van der Waals surface area contributed by atoms with Gasteiger partial charge < -0.3 is 14.4 Å². The molecular formula is C25H30BrN3O3. The lowest BCUT2D eigenvalue weighted by atomic mass is 9.95. The molecule has 6 nitrogen and oxygen atoms in total. The van der Waals surface area contributed by atoms with E-state index in [1.807, 2.05) is 6.07 Å². The normalized spacial score (nSPS) is 21.7. The summed E-state index contributed by atoms with van der Waals surface area (Å²) in [6.45, 7) is 7.47. The van der Waals surface area contributed by atoms with Crippen LogP contribution < -0.4 is 9.47 Å². The zero-order valence-corrected chi connectivity index (χ0v) is 19.9. The van der Waals surface area contributed by atoms with E-state index in [-0.39, 0.29) is 5.92 Å². The van der Waals surface area contributed by atoms with Gasteiger partial charge in [-0.15, -0.1) is 0 Å². The predicted octanol–water partition coefficient (Wildman–Crippen LogP) is 3.73. The van der Waals surface area contributed by atoms with Crippen molar-refractivity contribution in [1.82, 2.24) is 14.7 Å². The van der Waals surface area contributed by atoms with E-state index < -0.39 is 0 Å². The molecule has 2 aromatic rings. The van der Waals surface area contributed by atoms with Gasteiger partial charge in [-0.2, -0.15) is 0 Å². The number of amides is 1. The maximum absolute atomic E-state index is 13.2. The summed E-state index contributed by atoms with van der Waals surface area (Å²) < 4.78 is 12.0. The minimum absolute atomic E-state index is 0.122. The van der Waals surface area contributed by atoms with Crippen molar-refractivity contribution in [3.8, 4) is 11.5 Å². The van der Waals surface area contributed by atoms with Gasteiger partial charge in [0, 0.05) is 50.3 Å². The second-order valence-electron chi connectivity index (χ2n) is 8.99. The largest absolute Gasteiger partial charge is 0.454 e. The standard InChI is InChI=1S/C25H30BrN3O3/c26-22-5-1-3-19(13-22)16-28-8-2-4-21(17-28)25(30)29-11-9-27(10-12-29)15-20-6-7-23-24(14-20)32-18-31-23/h1,3,5-7,13-14,21H,2,4,8-12,15-18H2. The molecule has 0 bridgehead atoms. The molecule has 3 aliphatic heterocycles. The molecule has 0 aliphatic carbocycles. The van der Waals surface area contributed by atoms with Crippen LogP contribution in [-0.4, -0.2) is 66.7 Å². The van der Waals surface area contributed by atoms with Crippen molar-refractivity contribution in [2.24, 2.45) is 5.92 Å². The van der Waals surface area contributed by atoms with E-state index in [1.165, 1.54) is 11.1 Å². The quantitative estimate of drug-likeness (QED) is 0.626. The molecule has 0 N–H and O–H groups in total. The van der Waals surface area contributed by atoms with Gasteiger partial charge in [-0.05, 0) is 54.8 Å². The maximum atomic E-state index is 13.2. The number of benzene rings is 2. The molecule has 1 amide bonds. The van der Waals surface area contributed by atoms with Crippen LogP contribution in [0.2, 0.25) is 0 Å². The lowest BCUT2D eigenvalue weighted by molar-refractivity contribution is -0.139. The minimum Gasteiger partial charge on any atom is -0.454 e. The Hall–Kier alpha value is -2.09. The average molecular weight is 500 g/mol. The Kier molecular flexibility index (Phi) is 6.67. The van der Waals surface area contributed by atoms with E-state index in [9.17, 15) is 4.79 Å². The number of likely N-dealkylation sites (tertiary alicyclic amines) is 1. The van der Waals surface area contributed by atoms with Crippen LogP contribution in [0.4, 0.5) is 0 Å². The van der Waals surface area contributed by atoms with Gasteiger partial charge in [0.1, 0.15) is 0 Å². The van der Waals surface area contributed by atoms with Crippen molar-refractivity contribution in [2.45, 2.75) is 25.9 Å². The second kappa shape index (κ2) is 9.81. The Balaban J connectivity index is 1.11. The van der Waals surface area contributed by atoms with Gasteiger partial charge in [0.05, 0.1) is 5.92 Å². The highest BCUT2D eigenvalue weighted by Gasteiger charge is 2.31. The van der Waals surface area contributed by atoms with Gasteiger partial charge in [-0.1, -0.05) is 34.1 Å². The number of ether oxygens (including phenoxy) is 2. The highest BCUT2D eigenvalue weighted by Crippen LogP contribution is 2.33. The zero-order chi connectivity index (χ0) is 21.9. The van der Waals surface area contributed by atoms with Crippen LogP contribution in [0, 0.1) is 5.92 Å². The topological polar surface area (TPSA) is 45.3 Å². The Morgan fingerprint density at radius 3 is 2.53 bits per heavy atom. The van der Waals surface area contributed by atoms with Gasteiger partial charge in [0.2, 0.25) is 12.7 Å². The molecule has 170 valence electrons. The van der Waals surface area contributed by atoms with Crippen LogP contribution in [0.3, 0.4) is 0 Å². The molecular weight excluding hydrogens is 470 g/mol. The smallest absolute Gasteiger partial charge is 0.231 e. The van der Waals surface area contributed by atoms with E-state index >= 15 is 0 Å². The first-order valence-electron chi connectivity index (χ1n) is 11.5. The molecule has 0 radical (unpaired) electrons. The van der Waals surface area contributed by atoms with Gasteiger partial charge in [0.25, 0.3) is 0 Å². The molecule has 0 spiro atoms. The zero-order valence-electron chi connectivity index (χ0n) is 18.3. The van der Waals surface area contributed by atoms with Crippen LogP contribution in [0.5, 0.6) is 11.5 Å². The van der Waals surface area contributed by atoms with Gasteiger partial charge in [-0.3, -0.25) is 14.6 Å². The van der Waals surface area contributed by atoms with Crippen LogP contribution in [0.15, 0.2) is 46.9 Å². The number of piperidine rings is 1. The molecule has 3 aliphatic rings. The van der Waals surface area contributed by atoms with Crippen LogP contribution in [0.1, 0.15) is 24.0 Å². The molecule has 7 heteroatoms. The SMILES string of the molecule is O=C(C1CCCN(Cc2cccc(Br)c2)C1)N1CCN(Cc2ccc3c(c2)OCO3)CC1. The van der Waals surface area contributed by atoms with E-state index in [1.54, 1.807) is 0 Å². The summed E-state index contributed by atoms with van der Waals surface area (Å²) in [4.78, 5) is 20.2. The molecule has 2 saturated heterocycles. The fourth-order valence-corrected chi connectivity index (χ4v) is 5.42.